The Labute approximate surface area is 178 Å². The monoisotopic (exact) mass is 458 g/mol. The number of halogens is 1. The van der Waals surface area contributed by atoms with Gasteiger partial charge in [0.15, 0.2) is 0 Å². The summed E-state index contributed by atoms with van der Waals surface area (Å²) in [5.41, 5.74) is 1.55. The molecule has 1 aliphatic heterocycles. The van der Waals surface area contributed by atoms with Gasteiger partial charge in [0.2, 0.25) is 11.8 Å². The van der Waals surface area contributed by atoms with Gasteiger partial charge in [-0.1, -0.05) is 35.0 Å². The van der Waals surface area contributed by atoms with E-state index < -0.39 is 6.04 Å². The van der Waals surface area contributed by atoms with Crippen molar-refractivity contribution in [1.82, 2.24) is 4.90 Å². The van der Waals surface area contributed by atoms with Crippen molar-refractivity contribution in [2.45, 2.75) is 32.2 Å². The molecule has 1 unspecified atom stereocenters. The number of imide groups is 1. The number of methoxy groups -OCH3 is 1. The Hall–Kier alpha value is -2.67. The summed E-state index contributed by atoms with van der Waals surface area (Å²) in [6.45, 7) is 2.13. The molecule has 0 spiro atoms. The fourth-order valence-electron chi connectivity index (χ4n) is 3.42. The molecule has 0 radical (unpaired) electrons. The summed E-state index contributed by atoms with van der Waals surface area (Å²) < 4.78 is 6.02. The largest absolute Gasteiger partial charge is 0.497 e. The molecule has 0 bridgehead atoms. The van der Waals surface area contributed by atoms with Crippen molar-refractivity contribution in [2.75, 3.05) is 18.6 Å². The summed E-state index contributed by atoms with van der Waals surface area (Å²) in [5.74, 6) is -0.0196. The zero-order chi connectivity index (χ0) is 21.0. The number of nitrogens with zero attached hydrogens (tertiary/aromatic N) is 2. The fraction of sp³-hybridized carbons (Fsp3) is 0.318. The van der Waals surface area contributed by atoms with Crippen molar-refractivity contribution in [2.24, 2.45) is 0 Å². The maximum absolute atomic E-state index is 13.0. The number of carbonyl (C=O) groups excluding carboxylic acids is 3. The van der Waals surface area contributed by atoms with E-state index in [0.29, 0.717) is 18.7 Å². The highest BCUT2D eigenvalue weighted by Crippen LogP contribution is 2.27. The van der Waals surface area contributed by atoms with E-state index in [1.54, 1.807) is 43.2 Å². The van der Waals surface area contributed by atoms with E-state index in [-0.39, 0.29) is 30.6 Å². The average molecular weight is 459 g/mol. The Bertz CT molecular complexity index is 896. The molecule has 3 amide bonds. The van der Waals surface area contributed by atoms with Crippen LogP contribution in [0.1, 0.15) is 25.3 Å². The van der Waals surface area contributed by atoms with Crippen LogP contribution in [0.2, 0.25) is 0 Å². The van der Waals surface area contributed by atoms with E-state index >= 15 is 0 Å². The van der Waals surface area contributed by atoms with E-state index in [9.17, 15) is 14.4 Å². The third-order valence-electron chi connectivity index (χ3n) is 5.01. The summed E-state index contributed by atoms with van der Waals surface area (Å²) in [6, 6.07) is 13.8. The van der Waals surface area contributed by atoms with Crippen LogP contribution in [0.3, 0.4) is 0 Å². The highest BCUT2D eigenvalue weighted by atomic mass is 79.9. The van der Waals surface area contributed by atoms with Crippen molar-refractivity contribution in [1.29, 1.82) is 0 Å². The lowest BCUT2D eigenvalue weighted by atomic mass is 10.1. The molecular formula is C22H23BrN2O4. The third kappa shape index (κ3) is 4.67. The lowest BCUT2D eigenvalue weighted by Gasteiger charge is -2.27. The molecule has 1 fully saturated rings. The second-order valence-corrected chi connectivity index (χ2v) is 7.72. The Morgan fingerprint density at radius 3 is 2.38 bits per heavy atom. The first kappa shape index (κ1) is 21.0. The molecule has 6 nitrogen and oxygen atoms in total. The highest BCUT2D eigenvalue weighted by Gasteiger charge is 2.43. The van der Waals surface area contributed by atoms with Crippen LogP contribution in [-0.2, 0) is 20.8 Å². The minimum absolute atomic E-state index is 0.00322. The Balaban J connectivity index is 1.77. The number of hydrogen-bond donors (Lipinski definition) is 0. The molecule has 0 N–H and O–H groups in total. The van der Waals surface area contributed by atoms with Gasteiger partial charge in [-0.3, -0.25) is 14.4 Å². The molecule has 2 aromatic carbocycles. The second kappa shape index (κ2) is 9.22. The number of benzene rings is 2. The van der Waals surface area contributed by atoms with Crippen molar-refractivity contribution < 1.29 is 19.1 Å². The van der Waals surface area contributed by atoms with Crippen molar-refractivity contribution >= 4 is 39.3 Å². The number of anilines is 1. The van der Waals surface area contributed by atoms with Gasteiger partial charge in [-0.25, -0.2) is 4.90 Å². The molecule has 2 aromatic rings. The Morgan fingerprint density at radius 2 is 1.79 bits per heavy atom. The van der Waals surface area contributed by atoms with E-state index in [0.717, 1.165) is 15.8 Å². The van der Waals surface area contributed by atoms with Crippen LogP contribution < -0.4 is 9.64 Å². The van der Waals surface area contributed by atoms with Gasteiger partial charge in [0.05, 0.1) is 19.2 Å². The smallest absolute Gasteiger partial charge is 0.257 e. The van der Waals surface area contributed by atoms with Gasteiger partial charge in [-0.05, 0) is 48.4 Å². The van der Waals surface area contributed by atoms with E-state index in [1.165, 1.54) is 4.90 Å². The minimum Gasteiger partial charge on any atom is -0.497 e. The van der Waals surface area contributed by atoms with Crippen LogP contribution in [0.25, 0.3) is 0 Å². The quantitative estimate of drug-likeness (QED) is 0.594. The van der Waals surface area contributed by atoms with Crippen LogP contribution in [0, 0.1) is 0 Å². The number of ether oxygens (including phenoxy) is 1. The molecule has 0 aromatic heterocycles. The molecule has 1 saturated heterocycles. The predicted octanol–water partition coefficient (Wildman–Crippen LogP) is 3.57. The molecule has 0 saturated carbocycles. The summed E-state index contributed by atoms with van der Waals surface area (Å²) in [5, 5.41) is 0. The van der Waals surface area contributed by atoms with Crippen LogP contribution in [-0.4, -0.2) is 42.3 Å². The van der Waals surface area contributed by atoms with Gasteiger partial charge in [0, 0.05) is 17.4 Å². The molecular weight excluding hydrogens is 436 g/mol. The molecule has 1 atom stereocenters. The van der Waals surface area contributed by atoms with Crippen LogP contribution in [0.4, 0.5) is 5.69 Å². The third-order valence-corrected chi connectivity index (χ3v) is 5.54. The molecule has 1 heterocycles. The summed E-state index contributed by atoms with van der Waals surface area (Å²) in [4.78, 5) is 40.9. The highest BCUT2D eigenvalue weighted by molar-refractivity contribution is 9.10. The van der Waals surface area contributed by atoms with Crippen molar-refractivity contribution in [3.63, 3.8) is 0 Å². The van der Waals surface area contributed by atoms with Gasteiger partial charge in [-0.2, -0.15) is 0 Å². The molecule has 0 aliphatic carbocycles. The normalized spacial score (nSPS) is 16.2. The van der Waals surface area contributed by atoms with E-state index in [1.807, 2.05) is 24.3 Å². The van der Waals surface area contributed by atoms with Crippen LogP contribution in [0.15, 0.2) is 53.0 Å². The van der Waals surface area contributed by atoms with Gasteiger partial charge in [0.1, 0.15) is 11.8 Å². The fourth-order valence-corrected chi connectivity index (χ4v) is 3.68. The minimum atomic E-state index is -0.767. The maximum atomic E-state index is 13.0. The number of amides is 3. The average Bonchev–Trinajstić information content (AvgIpc) is 3.03. The van der Waals surface area contributed by atoms with E-state index in [4.69, 9.17) is 4.74 Å². The molecule has 152 valence electrons. The van der Waals surface area contributed by atoms with E-state index in [2.05, 4.69) is 15.9 Å². The second-order valence-electron chi connectivity index (χ2n) is 6.80. The van der Waals surface area contributed by atoms with Gasteiger partial charge >= 0.3 is 0 Å². The van der Waals surface area contributed by atoms with Crippen molar-refractivity contribution in [3.05, 3.63) is 58.6 Å². The standard InChI is InChI=1S/C22H23BrN2O4/c1-3-20(26)24(13-12-15-4-10-18(29-2)11-5-15)19-14-21(27)25(22(19)28)17-8-6-16(23)7-9-17/h4-11,19H,3,12-14H2,1-2H3. The first-order chi connectivity index (χ1) is 13.9. The zero-order valence-corrected chi connectivity index (χ0v) is 18.0. The lowest BCUT2D eigenvalue weighted by Crippen LogP contribution is -2.46. The van der Waals surface area contributed by atoms with Crippen LogP contribution >= 0.6 is 15.9 Å². The first-order valence-corrected chi connectivity index (χ1v) is 10.3. The summed E-state index contributed by atoms with van der Waals surface area (Å²) in [7, 11) is 1.61. The van der Waals surface area contributed by atoms with Crippen molar-refractivity contribution in [3.8, 4) is 5.75 Å². The first-order valence-electron chi connectivity index (χ1n) is 9.49. The topological polar surface area (TPSA) is 66.9 Å². The number of carbonyl (C=O) groups is 3. The Kier molecular flexibility index (Phi) is 6.69. The van der Waals surface area contributed by atoms with Crippen LogP contribution in [0.5, 0.6) is 5.75 Å². The van der Waals surface area contributed by atoms with Gasteiger partial charge < -0.3 is 9.64 Å². The summed E-state index contributed by atoms with van der Waals surface area (Å²) in [6.07, 6.45) is 0.869. The Morgan fingerprint density at radius 1 is 1.14 bits per heavy atom. The lowest BCUT2D eigenvalue weighted by molar-refractivity contribution is -0.138. The van der Waals surface area contributed by atoms with Gasteiger partial charge in [0.25, 0.3) is 5.91 Å². The zero-order valence-electron chi connectivity index (χ0n) is 16.4. The molecule has 7 heteroatoms. The molecule has 3 rings (SSSR count). The van der Waals surface area contributed by atoms with Gasteiger partial charge in [-0.15, -0.1) is 0 Å². The summed E-state index contributed by atoms with van der Waals surface area (Å²) >= 11 is 3.35. The maximum Gasteiger partial charge on any atom is 0.257 e. The predicted molar refractivity (Wildman–Crippen MR) is 114 cm³/mol. The molecule has 29 heavy (non-hydrogen) atoms. The molecule has 1 aliphatic rings. The number of hydrogen-bond acceptors (Lipinski definition) is 4. The number of rotatable bonds is 7. The SMILES string of the molecule is CCC(=O)N(CCc1ccc(OC)cc1)C1CC(=O)N(c2ccc(Br)cc2)C1=O.